The van der Waals surface area contributed by atoms with Crippen LogP contribution in [0.1, 0.15) is 30.0 Å². The van der Waals surface area contributed by atoms with Gasteiger partial charge in [0.05, 0.1) is 28.5 Å². The molecule has 0 bridgehead atoms. The molecule has 0 radical (unpaired) electrons. The number of nitrogens with zero attached hydrogens (tertiary/aromatic N) is 3. The minimum Gasteiger partial charge on any atom is -0.364 e. The maximum atomic E-state index is 13.1. The van der Waals surface area contributed by atoms with Crippen molar-refractivity contribution in [3.63, 3.8) is 0 Å². The quantitative estimate of drug-likeness (QED) is 0.514. The van der Waals surface area contributed by atoms with Crippen LogP contribution in [0, 0.1) is 0 Å². The van der Waals surface area contributed by atoms with Crippen LogP contribution < -0.4 is 11.0 Å². The summed E-state index contributed by atoms with van der Waals surface area (Å²) in [5.41, 5.74) is 3.22. The Morgan fingerprint density at radius 2 is 1.90 bits per heavy atom. The average Bonchev–Trinajstić information content (AvgIpc) is 3.59. The smallest absolute Gasteiger partial charge is 0.354 e. The normalized spacial score (nSPS) is 13.6. The predicted molar refractivity (Wildman–Crippen MR) is 116 cm³/mol. The lowest BCUT2D eigenvalue weighted by Crippen LogP contribution is -2.24. The van der Waals surface area contributed by atoms with E-state index >= 15 is 0 Å². The van der Waals surface area contributed by atoms with Crippen LogP contribution in [0.3, 0.4) is 0 Å². The van der Waals surface area contributed by atoms with Crippen molar-refractivity contribution in [2.75, 3.05) is 5.32 Å². The largest absolute Gasteiger partial charge is 0.364 e. The summed E-state index contributed by atoms with van der Waals surface area (Å²) in [4.78, 5) is 21.7. The fourth-order valence-electron chi connectivity index (χ4n) is 3.59. The molecule has 1 fully saturated rings. The second-order valence-corrected chi connectivity index (χ2v) is 7.66. The van der Waals surface area contributed by atoms with E-state index in [1.807, 2.05) is 42.5 Å². The van der Waals surface area contributed by atoms with Gasteiger partial charge in [-0.05, 0) is 60.7 Å². The monoisotopic (exact) mass is 402 g/mol. The number of aromatic nitrogens is 3. The lowest BCUT2D eigenvalue weighted by Gasteiger charge is -2.15. The van der Waals surface area contributed by atoms with Crippen molar-refractivity contribution in [2.45, 2.75) is 25.3 Å². The van der Waals surface area contributed by atoms with Crippen molar-refractivity contribution in [1.82, 2.24) is 14.5 Å². The van der Waals surface area contributed by atoms with E-state index in [0.717, 1.165) is 16.6 Å². The standard InChI is InChI=1S/C23H19ClN4O/c24-19-6-1-2-7-20(19)28-21-13-16(15-8-9-15)10-11-18(21)22(27-23(28)29)26-14-17-5-3-4-12-25-17/h1-7,10-13,15H,8-9,14H2,(H,26,27,29). The van der Waals surface area contributed by atoms with Crippen molar-refractivity contribution < 1.29 is 0 Å². The van der Waals surface area contributed by atoms with E-state index in [1.54, 1.807) is 16.8 Å². The molecular weight excluding hydrogens is 384 g/mol. The van der Waals surface area contributed by atoms with E-state index in [-0.39, 0.29) is 5.69 Å². The van der Waals surface area contributed by atoms with Crippen LogP contribution in [-0.2, 0) is 6.54 Å². The van der Waals surface area contributed by atoms with Gasteiger partial charge in [0.15, 0.2) is 0 Å². The number of hydrogen-bond acceptors (Lipinski definition) is 4. The van der Waals surface area contributed by atoms with Crippen LogP contribution >= 0.6 is 11.6 Å². The number of hydrogen-bond donors (Lipinski definition) is 1. The molecule has 2 aromatic carbocycles. The molecule has 5 nitrogen and oxygen atoms in total. The summed E-state index contributed by atoms with van der Waals surface area (Å²) in [5, 5.41) is 4.68. The number of benzene rings is 2. The summed E-state index contributed by atoms with van der Waals surface area (Å²) in [7, 11) is 0. The summed E-state index contributed by atoms with van der Waals surface area (Å²) in [6, 6.07) is 19.4. The zero-order valence-electron chi connectivity index (χ0n) is 15.7. The van der Waals surface area contributed by atoms with Gasteiger partial charge in [-0.15, -0.1) is 0 Å². The molecule has 2 heterocycles. The lowest BCUT2D eigenvalue weighted by atomic mass is 10.1. The zero-order chi connectivity index (χ0) is 19.8. The fraction of sp³-hybridized carbons (Fsp3) is 0.174. The van der Waals surface area contributed by atoms with Gasteiger partial charge < -0.3 is 5.32 Å². The highest BCUT2D eigenvalue weighted by Crippen LogP contribution is 2.41. The van der Waals surface area contributed by atoms with E-state index in [4.69, 9.17) is 11.6 Å². The zero-order valence-corrected chi connectivity index (χ0v) is 16.4. The van der Waals surface area contributed by atoms with Crippen LogP contribution in [-0.4, -0.2) is 14.5 Å². The minimum absolute atomic E-state index is 0.359. The molecule has 1 aliphatic rings. The van der Waals surface area contributed by atoms with Crippen molar-refractivity contribution in [2.24, 2.45) is 0 Å². The molecule has 144 valence electrons. The van der Waals surface area contributed by atoms with Gasteiger partial charge in [0.1, 0.15) is 5.82 Å². The predicted octanol–water partition coefficient (Wildman–Crippen LogP) is 4.92. The van der Waals surface area contributed by atoms with Crippen molar-refractivity contribution in [1.29, 1.82) is 0 Å². The number of rotatable bonds is 5. The van der Waals surface area contributed by atoms with E-state index < -0.39 is 0 Å². The van der Waals surface area contributed by atoms with Gasteiger partial charge in [-0.25, -0.2) is 4.79 Å². The number of halogens is 1. The maximum absolute atomic E-state index is 13.1. The average molecular weight is 403 g/mol. The van der Waals surface area contributed by atoms with E-state index in [9.17, 15) is 4.79 Å². The maximum Gasteiger partial charge on any atom is 0.354 e. The van der Waals surface area contributed by atoms with Crippen LogP contribution in [0.4, 0.5) is 5.82 Å². The summed E-state index contributed by atoms with van der Waals surface area (Å²) < 4.78 is 1.61. The third-order valence-electron chi connectivity index (χ3n) is 5.22. The summed E-state index contributed by atoms with van der Waals surface area (Å²) in [5.74, 6) is 1.13. The van der Waals surface area contributed by atoms with E-state index in [0.29, 0.717) is 29.0 Å². The molecule has 0 atom stereocenters. The molecule has 0 saturated heterocycles. The highest BCUT2D eigenvalue weighted by Gasteiger charge is 2.24. The molecule has 6 heteroatoms. The van der Waals surface area contributed by atoms with Gasteiger partial charge in [-0.1, -0.05) is 35.9 Å². The Labute approximate surface area is 173 Å². The van der Waals surface area contributed by atoms with Crippen LogP contribution in [0.5, 0.6) is 0 Å². The molecule has 5 rings (SSSR count). The Kier molecular flexibility index (Phi) is 4.52. The molecule has 2 aromatic heterocycles. The van der Waals surface area contributed by atoms with Crippen LogP contribution in [0.15, 0.2) is 71.7 Å². The van der Waals surface area contributed by atoms with Gasteiger partial charge in [-0.3, -0.25) is 9.55 Å². The van der Waals surface area contributed by atoms with Gasteiger partial charge in [0.25, 0.3) is 0 Å². The molecule has 29 heavy (non-hydrogen) atoms. The highest BCUT2D eigenvalue weighted by molar-refractivity contribution is 6.32. The fourth-order valence-corrected chi connectivity index (χ4v) is 3.81. The molecule has 0 aliphatic heterocycles. The number of pyridine rings is 1. The minimum atomic E-state index is -0.359. The Balaban J connectivity index is 1.67. The van der Waals surface area contributed by atoms with Crippen LogP contribution in [0.2, 0.25) is 5.02 Å². The van der Waals surface area contributed by atoms with E-state index in [1.165, 1.54) is 18.4 Å². The van der Waals surface area contributed by atoms with Gasteiger partial charge in [0.2, 0.25) is 0 Å². The van der Waals surface area contributed by atoms with Gasteiger partial charge >= 0.3 is 5.69 Å². The molecule has 1 N–H and O–H groups in total. The van der Waals surface area contributed by atoms with Gasteiger partial charge in [0, 0.05) is 11.6 Å². The molecule has 1 aliphatic carbocycles. The second-order valence-electron chi connectivity index (χ2n) is 7.26. The number of para-hydroxylation sites is 1. The number of nitrogens with one attached hydrogen (secondary N) is 1. The van der Waals surface area contributed by atoms with Crippen molar-refractivity contribution in [3.05, 3.63) is 93.6 Å². The SMILES string of the molecule is O=c1nc(NCc2ccccn2)c2ccc(C3CC3)cc2n1-c1ccccc1Cl. The first-order valence-electron chi connectivity index (χ1n) is 9.66. The summed E-state index contributed by atoms with van der Waals surface area (Å²) in [6.07, 6.45) is 4.13. The molecule has 0 spiro atoms. The number of fused-ring (bicyclic) bond motifs is 1. The summed E-state index contributed by atoms with van der Waals surface area (Å²) in [6.45, 7) is 0.489. The second kappa shape index (κ2) is 7.33. The molecule has 1 saturated carbocycles. The summed E-state index contributed by atoms with van der Waals surface area (Å²) >= 11 is 6.42. The molecule has 0 amide bonds. The van der Waals surface area contributed by atoms with E-state index in [2.05, 4.69) is 27.4 Å². The first kappa shape index (κ1) is 17.9. The Morgan fingerprint density at radius 3 is 2.66 bits per heavy atom. The first-order chi connectivity index (χ1) is 14.2. The van der Waals surface area contributed by atoms with Crippen molar-refractivity contribution >= 4 is 28.3 Å². The van der Waals surface area contributed by atoms with Crippen molar-refractivity contribution in [3.8, 4) is 5.69 Å². The third-order valence-corrected chi connectivity index (χ3v) is 5.54. The Morgan fingerprint density at radius 1 is 1.07 bits per heavy atom. The Hall–Kier alpha value is -3.18. The number of anilines is 1. The topological polar surface area (TPSA) is 59.8 Å². The van der Waals surface area contributed by atoms with Crippen LogP contribution in [0.25, 0.3) is 16.6 Å². The lowest BCUT2D eigenvalue weighted by molar-refractivity contribution is 0.944. The first-order valence-corrected chi connectivity index (χ1v) is 10.0. The van der Waals surface area contributed by atoms with Gasteiger partial charge in [-0.2, -0.15) is 4.98 Å². The third kappa shape index (κ3) is 3.49. The molecule has 0 unspecified atom stereocenters. The molecular formula is C23H19ClN4O. The molecule has 4 aromatic rings. The Bertz CT molecular complexity index is 1250. The highest BCUT2D eigenvalue weighted by atomic mass is 35.5.